The number of carbonyl (C=O) groups is 1. The molecule has 3 rings (SSSR count). The van der Waals surface area contributed by atoms with E-state index in [2.05, 4.69) is 9.97 Å². The third-order valence-electron chi connectivity index (χ3n) is 3.14. The molecule has 1 aliphatic heterocycles. The van der Waals surface area contributed by atoms with Crippen molar-refractivity contribution >= 4 is 17.1 Å². The summed E-state index contributed by atoms with van der Waals surface area (Å²) in [5.74, 6) is -0.640. The highest BCUT2D eigenvalue weighted by Crippen LogP contribution is 2.14. The minimum absolute atomic E-state index is 0.0846. The number of hydrogen-bond acceptors (Lipinski definition) is 4. The molecule has 0 unspecified atom stereocenters. The second-order valence-electron chi connectivity index (χ2n) is 4.41. The molecule has 0 spiro atoms. The minimum Gasteiger partial charge on any atom is -0.406 e. The van der Waals surface area contributed by atoms with Crippen LogP contribution in [0.15, 0.2) is 21.3 Å². The van der Waals surface area contributed by atoms with Gasteiger partial charge in [0.2, 0.25) is 0 Å². The molecule has 2 aromatic heterocycles. The Morgan fingerprint density at radius 1 is 1.28 bits per heavy atom. The molecule has 1 aliphatic rings. The number of H-pyrrole nitrogens is 1. The normalized spacial score (nSPS) is 16.1. The summed E-state index contributed by atoms with van der Waals surface area (Å²) in [6.07, 6.45) is 3.25. The number of aromatic nitrogens is 2. The summed E-state index contributed by atoms with van der Waals surface area (Å²) >= 11 is 0. The molecular formula is C12H13N3O3. The lowest BCUT2D eigenvalue weighted by molar-refractivity contribution is 0.0719. The maximum Gasteiger partial charge on any atom is 0.418 e. The Balaban J connectivity index is 1.92. The van der Waals surface area contributed by atoms with Crippen LogP contribution in [-0.4, -0.2) is 33.9 Å². The van der Waals surface area contributed by atoms with Gasteiger partial charge in [0.15, 0.2) is 11.2 Å². The largest absolute Gasteiger partial charge is 0.418 e. The van der Waals surface area contributed by atoms with Crippen LogP contribution in [0.1, 0.15) is 29.8 Å². The van der Waals surface area contributed by atoms with Crippen molar-refractivity contribution in [1.29, 1.82) is 0 Å². The molecule has 6 heteroatoms. The predicted octanol–water partition coefficient (Wildman–Crippen LogP) is 1.14. The topological polar surface area (TPSA) is 79.2 Å². The molecule has 0 radical (unpaired) electrons. The molecule has 0 saturated carbocycles. The molecule has 94 valence electrons. The number of nitrogens with one attached hydrogen (secondary N) is 1. The fourth-order valence-electron chi connectivity index (χ4n) is 2.22. The first kappa shape index (κ1) is 11.0. The third-order valence-corrected chi connectivity index (χ3v) is 3.14. The van der Waals surface area contributed by atoms with E-state index in [9.17, 15) is 9.59 Å². The summed E-state index contributed by atoms with van der Waals surface area (Å²) in [5.41, 5.74) is 1.04. The van der Waals surface area contributed by atoms with Gasteiger partial charge in [0, 0.05) is 13.1 Å². The number of rotatable bonds is 1. The molecule has 1 saturated heterocycles. The van der Waals surface area contributed by atoms with E-state index in [1.807, 2.05) is 0 Å². The fraction of sp³-hybridized carbons (Fsp3) is 0.417. The maximum absolute atomic E-state index is 12.2. The van der Waals surface area contributed by atoms with Crippen molar-refractivity contribution in [2.24, 2.45) is 0 Å². The molecule has 3 heterocycles. The second kappa shape index (κ2) is 4.29. The molecule has 1 fully saturated rings. The Bertz CT molecular complexity index is 637. The van der Waals surface area contributed by atoms with Crippen LogP contribution in [0.4, 0.5) is 0 Å². The van der Waals surface area contributed by atoms with Gasteiger partial charge in [-0.15, -0.1) is 0 Å². The number of fused-ring (bicyclic) bond motifs is 1. The average molecular weight is 247 g/mol. The second-order valence-corrected chi connectivity index (χ2v) is 4.41. The number of hydrogen-bond donors (Lipinski definition) is 1. The molecule has 1 amide bonds. The number of amides is 1. The van der Waals surface area contributed by atoms with E-state index >= 15 is 0 Å². The quantitative estimate of drug-likeness (QED) is 0.819. The van der Waals surface area contributed by atoms with Crippen LogP contribution in [0.3, 0.4) is 0 Å². The van der Waals surface area contributed by atoms with Crippen molar-refractivity contribution in [1.82, 2.24) is 14.9 Å². The molecular weight excluding hydrogens is 234 g/mol. The van der Waals surface area contributed by atoms with Crippen molar-refractivity contribution in [3.8, 4) is 0 Å². The summed E-state index contributed by atoms with van der Waals surface area (Å²) in [7, 11) is 0. The number of aromatic amines is 1. The molecule has 1 N–H and O–H groups in total. The fourth-order valence-corrected chi connectivity index (χ4v) is 2.22. The number of likely N-dealkylation sites (tertiary alicyclic amines) is 1. The SMILES string of the molecule is O=C(c1ccc2oc(=O)[nH]c2n1)N1CCCCC1. The van der Waals surface area contributed by atoms with Gasteiger partial charge in [0.05, 0.1) is 0 Å². The molecule has 0 atom stereocenters. The van der Waals surface area contributed by atoms with E-state index in [1.54, 1.807) is 17.0 Å². The number of piperidine rings is 1. The third kappa shape index (κ3) is 1.90. The van der Waals surface area contributed by atoms with Gasteiger partial charge in [-0.2, -0.15) is 0 Å². The molecule has 6 nitrogen and oxygen atoms in total. The Labute approximate surface area is 103 Å². The number of pyridine rings is 1. The van der Waals surface area contributed by atoms with Gasteiger partial charge in [0.1, 0.15) is 5.69 Å². The van der Waals surface area contributed by atoms with Gasteiger partial charge in [-0.3, -0.25) is 9.78 Å². The molecule has 18 heavy (non-hydrogen) atoms. The Kier molecular flexibility index (Phi) is 2.62. The highest BCUT2D eigenvalue weighted by molar-refractivity contribution is 5.93. The van der Waals surface area contributed by atoms with Gasteiger partial charge < -0.3 is 9.32 Å². The number of carbonyl (C=O) groups excluding carboxylic acids is 1. The summed E-state index contributed by atoms with van der Waals surface area (Å²) in [4.78, 5) is 31.6. The van der Waals surface area contributed by atoms with Crippen molar-refractivity contribution in [3.05, 3.63) is 28.4 Å². The van der Waals surface area contributed by atoms with Crippen molar-refractivity contribution in [2.75, 3.05) is 13.1 Å². The first-order chi connectivity index (χ1) is 8.74. The summed E-state index contributed by atoms with van der Waals surface area (Å²) in [5, 5.41) is 0. The summed E-state index contributed by atoms with van der Waals surface area (Å²) in [6, 6.07) is 3.19. The van der Waals surface area contributed by atoms with Crippen molar-refractivity contribution in [3.63, 3.8) is 0 Å². The molecule has 2 aromatic rings. The highest BCUT2D eigenvalue weighted by Gasteiger charge is 2.19. The van der Waals surface area contributed by atoms with Gasteiger partial charge in [-0.1, -0.05) is 0 Å². The monoisotopic (exact) mass is 247 g/mol. The van der Waals surface area contributed by atoms with Gasteiger partial charge >= 0.3 is 5.76 Å². The Hall–Kier alpha value is -2.11. The van der Waals surface area contributed by atoms with Crippen LogP contribution in [-0.2, 0) is 0 Å². The smallest absolute Gasteiger partial charge is 0.406 e. The summed E-state index contributed by atoms with van der Waals surface area (Å²) in [6.45, 7) is 1.56. The van der Waals surface area contributed by atoms with Crippen LogP contribution in [0, 0.1) is 0 Å². The van der Waals surface area contributed by atoms with E-state index in [-0.39, 0.29) is 5.91 Å². The first-order valence-corrected chi connectivity index (χ1v) is 6.03. The van der Waals surface area contributed by atoms with Gasteiger partial charge in [-0.25, -0.2) is 9.78 Å². The van der Waals surface area contributed by atoms with E-state index < -0.39 is 5.76 Å². The zero-order valence-corrected chi connectivity index (χ0v) is 9.81. The molecule has 0 aromatic carbocycles. The zero-order valence-electron chi connectivity index (χ0n) is 9.81. The van der Waals surface area contributed by atoms with Gasteiger partial charge in [-0.05, 0) is 31.4 Å². The number of nitrogens with zero attached hydrogens (tertiary/aromatic N) is 2. The van der Waals surface area contributed by atoms with Crippen LogP contribution in [0.2, 0.25) is 0 Å². The lowest BCUT2D eigenvalue weighted by Crippen LogP contribution is -2.36. The standard InChI is InChI=1S/C12H13N3O3/c16-11(15-6-2-1-3-7-15)8-4-5-9-10(13-8)14-12(17)18-9/h4-5H,1-3,6-7H2,(H,13,14,17). The lowest BCUT2D eigenvalue weighted by Gasteiger charge is -2.26. The van der Waals surface area contributed by atoms with Crippen LogP contribution >= 0.6 is 0 Å². The highest BCUT2D eigenvalue weighted by atomic mass is 16.4. The van der Waals surface area contributed by atoms with E-state index in [4.69, 9.17) is 4.42 Å². The van der Waals surface area contributed by atoms with Crippen LogP contribution in [0.25, 0.3) is 11.2 Å². The van der Waals surface area contributed by atoms with Gasteiger partial charge in [0.25, 0.3) is 5.91 Å². The summed E-state index contributed by atoms with van der Waals surface area (Å²) < 4.78 is 4.85. The number of oxazole rings is 1. The lowest BCUT2D eigenvalue weighted by atomic mass is 10.1. The Morgan fingerprint density at radius 2 is 2.06 bits per heavy atom. The average Bonchev–Trinajstić information content (AvgIpc) is 2.78. The first-order valence-electron chi connectivity index (χ1n) is 6.03. The van der Waals surface area contributed by atoms with Crippen molar-refractivity contribution < 1.29 is 9.21 Å². The Morgan fingerprint density at radius 3 is 2.83 bits per heavy atom. The van der Waals surface area contributed by atoms with E-state index in [0.717, 1.165) is 25.9 Å². The predicted molar refractivity (Wildman–Crippen MR) is 64.4 cm³/mol. The van der Waals surface area contributed by atoms with Crippen molar-refractivity contribution in [2.45, 2.75) is 19.3 Å². The molecule has 0 aliphatic carbocycles. The minimum atomic E-state index is -0.555. The zero-order chi connectivity index (χ0) is 12.5. The maximum atomic E-state index is 12.2. The van der Waals surface area contributed by atoms with Crippen LogP contribution in [0.5, 0.6) is 0 Å². The van der Waals surface area contributed by atoms with E-state index in [0.29, 0.717) is 16.9 Å². The van der Waals surface area contributed by atoms with E-state index in [1.165, 1.54) is 6.42 Å². The van der Waals surface area contributed by atoms with Crippen LogP contribution < -0.4 is 5.76 Å². The molecule has 0 bridgehead atoms.